The number of hydrogen-bond donors (Lipinski definition) is 1. The quantitative estimate of drug-likeness (QED) is 0.718. The summed E-state index contributed by atoms with van der Waals surface area (Å²) in [6, 6.07) is 4.50. The van der Waals surface area contributed by atoms with Crippen LogP contribution in [0.2, 0.25) is 0 Å². The lowest BCUT2D eigenvalue weighted by molar-refractivity contribution is -0.129. The second-order valence-electron chi connectivity index (χ2n) is 6.78. The number of amides is 1. The van der Waals surface area contributed by atoms with E-state index in [9.17, 15) is 13.6 Å². The highest BCUT2D eigenvalue weighted by Gasteiger charge is 2.34. The molecule has 6 nitrogen and oxygen atoms in total. The lowest BCUT2D eigenvalue weighted by Crippen LogP contribution is -2.38. The first-order valence-electron chi connectivity index (χ1n) is 8.82. The first kappa shape index (κ1) is 21.5. The highest BCUT2D eigenvalue weighted by atomic mass is 35.5. The molecule has 1 saturated carbocycles. The van der Waals surface area contributed by atoms with Gasteiger partial charge in [-0.2, -0.15) is 8.78 Å². The maximum absolute atomic E-state index is 12.6. The molecule has 2 fully saturated rings. The van der Waals surface area contributed by atoms with Crippen LogP contribution in [-0.4, -0.2) is 49.3 Å². The second-order valence-corrected chi connectivity index (χ2v) is 6.78. The Hall–Kier alpha value is -1.80. The van der Waals surface area contributed by atoms with E-state index in [2.05, 4.69) is 4.74 Å². The number of rotatable bonds is 8. The number of alkyl halides is 2. The molecule has 2 N–H and O–H groups in total. The Kier molecular flexibility index (Phi) is 7.49. The van der Waals surface area contributed by atoms with Crippen molar-refractivity contribution in [3.8, 4) is 17.2 Å². The van der Waals surface area contributed by atoms with E-state index in [1.165, 1.54) is 13.0 Å². The lowest BCUT2D eigenvalue weighted by atomic mass is 10.2. The zero-order valence-corrected chi connectivity index (χ0v) is 15.9. The molecule has 1 aromatic carbocycles. The summed E-state index contributed by atoms with van der Waals surface area (Å²) in [5.41, 5.74) is 5.72. The van der Waals surface area contributed by atoms with Gasteiger partial charge in [0.1, 0.15) is 11.9 Å². The lowest BCUT2D eigenvalue weighted by Gasteiger charge is -2.20. The molecular formula is C18H25ClF2N2O4. The molecule has 0 bridgehead atoms. The minimum atomic E-state index is -2.92. The van der Waals surface area contributed by atoms with Crippen LogP contribution in [-0.2, 0) is 4.79 Å². The molecule has 2 atom stereocenters. The van der Waals surface area contributed by atoms with Crippen LogP contribution in [0.3, 0.4) is 0 Å². The largest absolute Gasteiger partial charge is 0.489 e. The summed E-state index contributed by atoms with van der Waals surface area (Å²) >= 11 is 0. The molecule has 1 heterocycles. The molecule has 0 spiro atoms. The van der Waals surface area contributed by atoms with Crippen LogP contribution in [0.25, 0.3) is 0 Å². The summed E-state index contributed by atoms with van der Waals surface area (Å²) in [6.45, 7) is -0.124. The van der Waals surface area contributed by atoms with Crippen molar-refractivity contribution in [3.63, 3.8) is 0 Å². The fourth-order valence-corrected chi connectivity index (χ4v) is 3.12. The molecule has 1 aliphatic carbocycles. The van der Waals surface area contributed by atoms with Gasteiger partial charge in [-0.25, -0.2) is 0 Å². The second kappa shape index (κ2) is 9.41. The van der Waals surface area contributed by atoms with E-state index in [-0.39, 0.29) is 42.0 Å². The molecule has 9 heteroatoms. The van der Waals surface area contributed by atoms with E-state index < -0.39 is 6.61 Å². The number of likely N-dealkylation sites (tertiary alicyclic amines) is 1. The fourth-order valence-electron chi connectivity index (χ4n) is 3.12. The van der Waals surface area contributed by atoms with E-state index in [4.69, 9.17) is 15.2 Å². The number of carbonyl (C=O) groups excluding carboxylic acids is 1. The zero-order chi connectivity index (χ0) is 18.7. The molecule has 2 aliphatic rings. The van der Waals surface area contributed by atoms with Gasteiger partial charge >= 0.3 is 6.61 Å². The molecule has 0 unspecified atom stereocenters. The average molecular weight is 407 g/mol. The number of benzene rings is 1. The van der Waals surface area contributed by atoms with E-state index in [1.54, 1.807) is 17.0 Å². The van der Waals surface area contributed by atoms with Crippen molar-refractivity contribution >= 4 is 18.3 Å². The van der Waals surface area contributed by atoms with E-state index >= 15 is 0 Å². The normalized spacial score (nSPS) is 21.7. The molecule has 1 aliphatic heterocycles. The monoisotopic (exact) mass is 406 g/mol. The highest BCUT2D eigenvalue weighted by Crippen LogP contribution is 2.36. The number of nitrogens with two attached hydrogens (primary N) is 1. The van der Waals surface area contributed by atoms with Crippen molar-refractivity contribution in [1.82, 2.24) is 4.90 Å². The number of halogens is 3. The fraction of sp³-hybridized carbons (Fsp3) is 0.611. The predicted molar refractivity (Wildman–Crippen MR) is 97.8 cm³/mol. The minimum absolute atomic E-state index is 0. The Morgan fingerprint density at radius 1 is 1.33 bits per heavy atom. The predicted octanol–water partition coefficient (Wildman–Crippen LogP) is 2.83. The van der Waals surface area contributed by atoms with Crippen LogP contribution < -0.4 is 19.9 Å². The van der Waals surface area contributed by atoms with Gasteiger partial charge in [0.05, 0.1) is 13.2 Å². The third kappa shape index (κ3) is 5.84. The van der Waals surface area contributed by atoms with Gasteiger partial charge in [0.2, 0.25) is 5.91 Å². The number of hydrogen-bond acceptors (Lipinski definition) is 5. The summed E-state index contributed by atoms with van der Waals surface area (Å²) in [6.07, 6.45) is 2.60. The van der Waals surface area contributed by atoms with Crippen molar-refractivity contribution in [2.45, 2.75) is 44.9 Å². The average Bonchev–Trinajstić information content (AvgIpc) is 3.33. The first-order valence-corrected chi connectivity index (χ1v) is 8.82. The van der Waals surface area contributed by atoms with E-state index in [1.807, 2.05) is 0 Å². The van der Waals surface area contributed by atoms with Gasteiger partial charge in [-0.1, -0.05) is 0 Å². The van der Waals surface area contributed by atoms with E-state index in [0.717, 1.165) is 12.8 Å². The SMILES string of the molecule is CC(=O)N1C[C@@H](Oc2ccc(OC(F)F)c(OCC3CC3)c2)C[C@@H]1CN.Cl. The Labute approximate surface area is 163 Å². The Balaban J connectivity index is 0.00000261. The van der Waals surface area contributed by atoms with Gasteiger partial charge in [0.15, 0.2) is 11.5 Å². The summed E-state index contributed by atoms with van der Waals surface area (Å²) in [4.78, 5) is 13.4. The summed E-state index contributed by atoms with van der Waals surface area (Å²) in [5, 5.41) is 0. The molecular weight excluding hydrogens is 382 g/mol. The van der Waals surface area contributed by atoms with Crippen LogP contribution >= 0.6 is 12.4 Å². The summed E-state index contributed by atoms with van der Waals surface area (Å²) in [7, 11) is 0. The zero-order valence-electron chi connectivity index (χ0n) is 15.1. The topological polar surface area (TPSA) is 74.0 Å². The van der Waals surface area contributed by atoms with E-state index in [0.29, 0.717) is 37.8 Å². The van der Waals surface area contributed by atoms with Crippen molar-refractivity contribution < 1.29 is 27.8 Å². The third-order valence-electron chi connectivity index (χ3n) is 4.66. The Morgan fingerprint density at radius 3 is 2.63 bits per heavy atom. The number of carbonyl (C=O) groups is 1. The van der Waals surface area contributed by atoms with Crippen molar-refractivity contribution in [2.75, 3.05) is 19.7 Å². The summed E-state index contributed by atoms with van der Waals surface area (Å²) < 4.78 is 41.3. The van der Waals surface area contributed by atoms with Crippen molar-refractivity contribution in [1.29, 1.82) is 0 Å². The van der Waals surface area contributed by atoms with Gasteiger partial charge in [-0.15, -0.1) is 12.4 Å². The molecule has 0 radical (unpaired) electrons. The van der Waals surface area contributed by atoms with Gasteiger partial charge in [-0.05, 0) is 30.9 Å². The van der Waals surface area contributed by atoms with Gasteiger partial charge in [0, 0.05) is 32.0 Å². The van der Waals surface area contributed by atoms with Crippen LogP contribution in [0.1, 0.15) is 26.2 Å². The van der Waals surface area contributed by atoms with Crippen molar-refractivity contribution in [3.05, 3.63) is 18.2 Å². The first-order chi connectivity index (χ1) is 12.5. The van der Waals surface area contributed by atoms with Gasteiger partial charge in [-0.3, -0.25) is 4.79 Å². The Morgan fingerprint density at radius 2 is 2.07 bits per heavy atom. The van der Waals surface area contributed by atoms with Crippen LogP contribution in [0.15, 0.2) is 18.2 Å². The van der Waals surface area contributed by atoms with Crippen molar-refractivity contribution in [2.24, 2.45) is 11.7 Å². The molecule has 0 aromatic heterocycles. The summed E-state index contributed by atoms with van der Waals surface area (Å²) in [5.74, 6) is 1.16. The number of nitrogens with zero attached hydrogens (tertiary/aromatic N) is 1. The Bertz CT molecular complexity index is 646. The standard InChI is InChI=1S/C18H24F2N2O4.ClH/c1-11(23)22-9-15(6-13(22)8-21)25-14-4-5-16(26-18(19)20)17(7-14)24-10-12-2-3-12;/h4-5,7,12-13,15,18H,2-3,6,8-10,21H2,1H3;1H/t13-,15+;/m1./s1. The van der Waals surface area contributed by atoms with Gasteiger partial charge < -0.3 is 24.8 Å². The highest BCUT2D eigenvalue weighted by molar-refractivity contribution is 5.85. The minimum Gasteiger partial charge on any atom is -0.489 e. The van der Waals surface area contributed by atoms with Gasteiger partial charge in [0.25, 0.3) is 0 Å². The molecule has 152 valence electrons. The van der Waals surface area contributed by atoms with Crippen LogP contribution in [0.4, 0.5) is 8.78 Å². The molecule has 1 aromatic rings. The van der Waals surface area contributed by atoms with Crippen LogP contribution in [0.5, 0.6) is 17.2 Å². The van der Waals surface area contributed by atoms with Crippen LogP contribution in [0, 0.1) is 5.92 Å². The molecule has 27 heavy (non-hydrogen) atoms. The maximum atomic E-state index is 12.6. The maximum Gasteiger partial charge on any atom is 0.387 e. The molecule has 1 amide bonds. The molecule has 3 rings (SSSR count). The number of ether oxygens (including phenoxy) is 3. The third-order valence-corrected chi connectivity index (χ3v) is 4.66. The molecule has 1 saturated heterocycles. The smallest absolute Gasteiger partial charge is 0.387 e.